The van der Waals surface area contributed by atoms with Crippen molar-refractivity contribution in [1.29, 1.82) is 0 Å². The molecule has 0 amide bonds. The molecule has 21 heavy (non-hydrogen) atoms. The van der Waals surface area contributed by atoms with Crippen LogP contribution in [0.2, 0.25) is 0 Å². The number of benzene rings is 2. The summed E-state index contributed by atoms with van der Waals surface area (Å²) in [4.78, 5) is 0. The van der Waals surface area contributed by atoms with Crippen LogP contribution in [0.5, 0.6) is 5.75 Å². The van der Waals surface area contributed by atoms with Crippen LogP contribution in [0.15, 0.2) is 42.5 Å². The van der Waals surface area contributed by atoms with Crippen molar-refractivity contribution in [3.63, 3.8) is 0 Å². The van der Waals surface area contributed by atoms with E-state index in [0.29, 0.717) is 24.5 Å². The molecule has 0 saturated heterocycles. The van der Waals surface area contributed by atoms with E-state index in [1.165, 1.54) is 11.6 Å². The van der Waals surface area contributed by atoms with Crippen molar-refractivity contribution in [3.05, 3.63) is 65.0 Å². The third-order valence-electron chi connectivity index (χ3n) is 3.76. The number of fused-ring (bicyclic) bond motifs is 1. The Morgan fingerprint density at radius 1 is 1.19 bits per heavy atom. The molecule has 0 aliphatic carbocycles. The maximum atomic E-state index is 13.7. The molecule has 1 atom stereocenters. The normalized spacial score (nSPS) is 17.3. The SMILES string of the molecule is NCc1c(F)cccc1OCC1OCCc2ccccc21. The average molecular weight is 287 g/mol. The summed E-state index contributed by atoms with van der Waals surface area (Å²) < 4.78 is 25.2. The molecule has 3 nitrogen and oxygen atoms in total. The van der Waals surface area contributed by atoms with Gasteiger partial charge in [-0.25, -0.2) is 4.39 Å². The van der Waals surface area contributed by atoms with Crippen molar-refractivity contribution >= 4 is 0 Å². The number of nitrogens with two attached hydrogens (primary N) is 1. The topological polar surface area (TPSA) is 44.5 Å². The molecule has 110 valence electrons. The van der Waals surface area contributed by atoms with Crippen LogP contribution in [0, 0.1) is 5.82 Å². The van der Waals surface area contributed by atoms with Gasteiger partial charge in [-0.3, -0.25) is 0 Å². The molecule has 2 aromatic rings. The predicted molar refractivity (Wildman–Crippen MR) is 78.6 cm³/mol. The maximum Gasteiger partial charge on any atom is 0.131 e. The van der Waals surface area contributed by atoms with Crippen LogP contribution in [-0.2, 0) is 17.7 Å². The van der Waals surface area contributed by atoms with Crippen molar-refractivity contribution in [2.45, 2.75) is 19.1 Å². The van der Waals surface area contributed by atoms with Crippen LogP contribution >= 0.6 is 0 Å². The van der Waals surface area contributed by atoms with Gasteiger partial charge in [0.25, 0.3) is 0 Å². The Kier molecular flexibility index (Phi) is 4.18. The lowest BCUT2D eigenvalue weighted by molar-refractivity contribution is 0.00991. The molecule has 2 N–H and O–H groups in total. The van der Waals surface area contributed by atoms with Crippen molar-refractivity contribution < 1.29 is 13.9 Å². The second-order valence-corrected chi connectivity index (χ2v) is 5.04. The van der Waals surface area contributed by atoms with Crippen molar-refractivity contribution in [2.75, 3.05) is 13.2 Å². The Morgan fingerprint density at radius 3 is 2.90 bits per heavy atom. The molecule has 3 rings (SSSR count). The minimum atomic E-state index is -0.333. The number of hydrogen-bond acceptors (Lipinski definition) is 3. The van der Waals surface area contributed by atoms with E-state index in [0.717, 1.165) is 12.0 Å². The summed E-state index contributed by atoms with van der Waals surface area (Å²) in [5, 5.41) is 0. The van der Waals surface area contributed by atoms with E-state index in [2.05, 4.69) is 12.1 Å². The monoisotopic (exact) mass is 287 g/mol. The van der Waals surface area contributed by atoms with E-state index in [1.54, 1.807) is 12.1 Å². The molecule has 0 bridgehead atoms. The van der Waals surface area contributed by atoms with Crippen molar-refractivity contribution in [2.24, 2.45) is 5.73 Å². The first-order chi connectivity index (χ1) is 10.3. The highest BCUT2D eigenvalue weighted by Gasteiger charge is 2.21. The summed E-state index contributed by atoms with van der Waals surface area (Å²) >= 11 is 0. The van der Waals surface area contributed by atoms with Crippen LogP contribution in [0.1, 0.15) is 22.8 Å². The fourth-order valence-corrected chi connectivity index (χ4v) is 2.65. The van der Waals surface area contributed by atoms with Crippen LogP contribution < -0.4 is 10.5 Å². The molecular formula is C17H18FNO2. The van der Waals surface area contributed by atoms with Gasteiger partial charge in [0.15, 0.2) is 0 Å². The van der Waals surface area contributed by atoms with Gasteiger partial charge >= 0.3 is 0 Å². The van der Waals surface area contributed by atoms with Gasteiger partial charge in [0.1, 0.15) is 24.3 Å². The van der Waals surface area contributed by atoms with Crippen LogP contribution in [-0.4, -0.2) is 13.2 Å². The molecule has 0 fully saturated rings. The fourth-order valence-electron chi connectivity index (χ4n) is 2.65. The summed E-state index contributed by atoms with van der Waals surface area (Å²) in [6.07, 6.45) is 0.796. The molecule has 0 aromatic heterocycles. The van der Waals surface area contributed by atoms with E-state index in [4.69, 9.17) is 15.2 Å². The van der Waals surface area contributed by atoms with Crippen molar-refractivity contribution in [3.8, 4) is 5.75 Å². The molecule has 0 saturated carbocycles. The first-order valence-electron chi connectivity index (χ1n) is 7.09. The first-order valence-corrected chi connectivity index (χ1v) is 7.09. The summed E-state index contributed by atoms with van der Waals surface area (Å²) in [7, 11) is 0. The first kappa shape index (κ1) is 14.0. The number of rotatable bonds is 4. The third-order valence-corrected chi connectivity index (χ3v) is 3.76. The van der Waals surface area contributed by atoms with Gasteiger partial charge in [0.2, 0.25) is 0 Å². The summed E-state index contributed by atoms with van der Waals surface area (Å²) in [6, 6.07) is 12.9. The van der Waals surface area contributed by atoms with Crippen LogP contribution in [0.3, 0.4) is 0 Å². The molecule has 1 aliphatic rings. The minimum absolute atomic E-state index is 0.115. The summed E-state index contributed by atoms with van der Waals surface area (Å²) in [5.41, 5.74) is 8.43. The second-order valence-electron chi connectivity index (χ2n) is 5.04. The Morgan fingerprint density at radius 2 is 2.05 bits per heavy atom. The smallest absolute Gasteiger partial charge is 0.131 e. The summed E-state index contributed by atoms with van der Waals surface area (Å²) in [6.45, 7) is 1.15. The summed E-state index contributed by atoms with van der Waals surface area (Å²) in [5.74, 6) is 0.157. The van der Waals surface area contributed by atoms with Gasteiger partial charge in [0, 0.05) is 12.1 Å². The molecule has 4 heteroatoms. The highest BCUT2D eigenvalue weighted by Crippen LogP contribution is 2.29. The quantitative estimate of drug-likeness (QED) is 0.940. The molecule has 1 heterocycles. The molecule has 0 spiro atoms. The predicted octanol–water partition coefficient (Wildman–Crippen LogP) is 2.98. The maximum absolute atomic E-state index is 13.7. The van der Waals surface area contributed by atoms with Gasteiger partial charge in [0.05, 0.1) is 6.61 Å². The Balaban J connectivity index is 1.76. The highest BCUT2D eigenvalue weighted by molar-refractivity contribution is 5.35. The van der Waals surface area contributed by atoms with Crippen LogP contribution in [0.25, 0.3) is 0 Å². The van der Waals surface area contributed by atoms with Crippen molar-refractivity contribution in [1.82, 2.24) is 0 Å². The Bertz CT molecular complexity index is 630. The Labute approximate surface area is 123 Å². The molecule has 1 aliphatic heterocycles. The second kappa shape index (κ2) is 6.24. The van der Waals surface area contributed by atoms with Gasteiger partial charge in [-0.1, -0.05) is 30.3 Å². The molecular weight excluding hydrogens is 269 g/mol. The van der Waals surface area contributed by atoms with E-state index in [-0.39, 0.29) is 18.5 Å². The van der Waals surface area contributed by atoms with Gasteiger partial charge in [-0.15, -0.1) is 0 Å². The lowest BCUT2D eigenvalue weighted by Gasteiger charge is -2.26. The lowest BCUT2D eigenvalue weighted by atomic mass is 9.98. The number of hydrogen-bond donors (Lipinski definition) is 1. The standard InChI is InChI=1S/C17H18FNO2/c18-15-6-3-7-16(14(15)10-19)21-11-17-13-5-2-1-4-12(13)8-9-20-17/h1-7,17H,8-11,19H2. The van der Waals surface area contributed by atoms with E-state index >= 15 is 0 Å². The molecule has 1 unspecified atom stereocenters. The molecule has 2 aromatic carbocycles. The van der Waals surface area contributed by atoms with E-state index in [1.807, 2.05) is 12.1 Å². The Hall–Kier alpha value is -1.91. The van der Waals surface area contributed by atoms with Crippen LogP contribution in [0.4, 0.5) is 4.39 Å². The average Bonchev–Trinajstić information content (AvgIpc) is 2.53. The van der Waals surface area contributed by atoms with Gasteiger partial charge in [-0.05, 0) is 29.7 Å². The van der Waals surface area contributed by atoms with E-state index < -0.39 is 0 Å². The zero-order valence-electron chi connectivity index (χ0n) is 11.7. The minimum Gasteiger partial charge on any atom is -0.490 e. The third kappa shape index (κ3) is 2.91. The van der Waals surface area contributed by atoms with Gasteiger partial charge < -0.3 is 15.2 Å². The zero-order valence-corrected chi connectivity index (χ0v) is 11.7. The lowest BCUT2D eigenvalue weighted by Crippen LogP contribution is -2.22. The van der Waals surface area contributed by atoms with E-state index in [9.17, 15) is 4.39 Å². The highest BCUT2D eigenvalue weighted by atomic mass is 19.1. The largest absolute Gasteiger partial charge is 0.490 e. The fraction of sp³-hybridized carbons (Fsp3) is 0.294. The number of halogens is 1. The van der Waals surface area contributed by atoms with Gasteiger partial charge in [-0.2, -0.15) is 0 Å². The zero-order chi connectivity index (χ0) is 14.7. The molecule has 0 radical (unpaired) electrons. The number of ether oxygens (including phenoxy) is 2.